The van der Waals surface area contributed by atoms with E-state index in [9.17, 15) is 28.4 Å². The fourth-order valence-corrected chi connectivity index (χ4v) is 5.97. The summed E-state index contributed by atoms with van der Waals surface area (Å²) in [6.07, 6.45) is 5.54. The number of piperazine rings is 1. The highest BCUT2D eigenvalue weighted by atomic mass is 19.1. The number of benzene rings is 1. The van der Waals surface area contributed by atoms with Crippen molar-refractivity contribution in [2.45, 2.75) is 70.9 Å². The number of carbonyl (C=O) groups excluding carboxylic acids is 5. The van der Waals surface area contributed by atoms with Crippen molar-refractivity contribution in [1.29, 1.82) is 0 Å². The summed E-state index contributed by atoms with van der Waals surface area (Å²) in [5.41, 5.74) is 0.454. The molecule has 254 valence electrons. The molecule has 1 aromatic carbocycles. The number of nitrogens with one attached hydrogen (secondary N) is 2. The van der Waals surface area contributed by atoms with Gasteiger partial charge in [-0.3, -0.25) is 19.2 Å². The molecular formula is C33H43FN6O7. The number of unbranched alkanes of at least 4 members (excludes halogenated alkanes) is 1. The molecule has 2 N–H and O–H groups in total. The third-order valence-corrected chi connectivity index (χ3v) is 9.06. The van der Waals surface area contributed by atoms with E-state index in [4.69, 9.17) is 9.47 Å². The summed E-state index contributed by atoms with van der Waals surface area (Å²) in [5, 5.41) is 5.92. The minimum atomic E-state index is -0.649. The molecule has 3 heterocycles. The molecule has 5 rings (SSSR count). The zero-order chi connectivity index (χ0) is 33.5. The lowest BCUT2D eigenvalue weighted by Gasteiger charge is -2.34. The Morgan fingerprint density at radius 1 is 0.979 bits per heavy atom. The Labute approximate surface area is 273 Å². The molecule has 2 saturated heterocycles. The number of halogens is 1. The molecule has 2 aromatic rings. The molecule has 1 atom stereocenters. The largest absolute Gasteiger partial charge is 0.483 e. The lowest BCUT2D eigenvalue weighted by atomic mass is 9.93. The Kier molecular flexibility index (Phi) is 11.1. The van der Waals surface area contributed by atoms with E-state index in [0.717, 1.165) is 32.1 Å². The van der Waals surface area contributed by atoms with E-state index in [2.05, 4.69) is 15.6 Å². The van der Waals surface area contributed by atoms with Crippen LogP contribution < -0.4 is 15.4 Å². The number of fused-ring (bicyclic) bond motifs is 1. The number of nitrogens with zero attached hydrogens (tertiary/aromatic N) is 4. The van der Waals surface area contributed by atoms with Crippen molar-refractivity contribution in [3.63, 3.8) is 0 Å². The number of hydrogen-bond donors (Lipinski definition) is 2. The molecule has 14 heteroatoms. The van der Waals surface area contributed by atoms with Crippen LogP contribution in [0.2, 0.25) is 0 Å². The predicted octanol–water partition coefficient (Wildman–Crippen LogP) is 2.53. The normalized spacial score (nSPS) is 18.1. The van der Waals surface area contributed by atoms with Gasteiger partial charge in [0, 0.05) is 50.2 Å². The Morgan fingerprint density at radius 2 is 1.72 bits per heavy atom. The van der Waals surface area contributed by atoms with Gasteiger partial charge >= 0.3 is 6.09 Å². The van der Waals surface area contributed by atoms with Gasteiger partial charge in [0.15, 0.2) is 6.61 Å². The van der Waals surface area contributed by atoms with Crippen LogP contribution in [-0.2, 0) is 19.1 Å². The Bertz CT molecular complexity index is 1510. The Balaban J connectivity index is 1.20. The summed E-state index contributed by atoms with van der Waals surface area (Å²) < 4.78 is 25.7. The van der Waals surface area contributed by atoms with Gasteiger partial charge in [0.2, 0.25) is 11.8 Å². The van der Waals surface area contributed by atoms with Gasteiger partial charge in [0.05, 0.1) is 18.7 Å². The number of carbonyl (C=O) groups is 5. The van der Waals surface area contributed by atoms with Crippen molar-refractivity contribution < 1.29 is 37.8 Å². The molecular weight excluding hydrogens is 611 g/mol. The summed E-state index contributed by atoms with van der Waals surface area (Å²) in [5.74, 6) is -1.92. The number of aromatic nitrogens is 1. The van der Waals surface area contributed by atoms with Crippen molar-refractivity contribution in [3.8, 4) is 5.75 Å². The molecule has 47 heavy (non-hydrogen) atoms. The van der Waals surface area contributed by atoms with E-state index in [1.165, 1.54) is 23.1 Å². The monoisotopic (exact) mass is 654 g/mol. The number of aryl methyl sites for hydroxylation is 1. The van der Waals surface area contributed by atoms with Gasteiger partial charge in [-0.15, -0.1) is 0 Å². The molecule has 5 amide bonds. The number of ether oxygens (including phenoxy) is 2. The maximum Gasteiger partial charge on any atom is 0.409 e. The van der Waals surface area contributed by atoms with Gasteiger partial charge in [-0.25, -0.2) is 14.2 Å². The SMILES string of the molecule is CCCCOC(=O)N1CCN(C(=O)CNC(=O)c2cc(OCC(=O)N3CCCC3C(=O)NC3CCC3)c3c(C)c(F)ccc3n2)CC1. The summed E-state index contributed by atoms with van der Waals surface area (Å²) in [7, 11) is 0. The van der Waals surface area contributed by atoms with Gasteiger partial charge in [-0.2, -0.15) is 0 Å². The van der Waals surface area contributed by atoms with E-state index in [0.29, 0.717) is 57.6 Å². The van der Waals surface area contributed by atoms with Gasteiger partial charge in [-0.1, -0.05) is 13.3 Å². The summed E-state index contributed by atoms with van der Waals surface area (Å²) in [6.45, 7) is 4.91. The van der Waals surface area contributed by atoms with Crippen molar-refractivity contribution >= 4 is 40.6 Å². The molecule has 0 spiro atoms. The molecule has 0 radical (unpaired) electrons. The first kappa shape index (κ1) is 33.9. The fourth-order valence-electron chi connectivity index (χ4n) is 5.97. The quantitative estimate of drug-likeness (QED) is 0.351. The van der Waals surface area contributed by atoms with Crippen molar-refractivity contribution in [1.82, 2.24) is 30.3 Å². The van der Waals surface area contributed by atoms with Crippen LogP contribution >= 0.6 is 0 Å². The Morgan fingerprint density at radius 3 is 2.43 bits per heavy atom. The Hall–Kier alpha value is -4.49. The highest BCUT2D eigenvalue weighted by Crippen LogP contribution is 2.31. The average molecular weight is 655 g/mol. The molecule has 1 unspecified atom stereocenters. The van der Waals surface area contributed by atoms with Gasteiger partial charge < -0.3 is 34.8 Å². The van der Waals surface area contributed by atoms with Crippen LogP contribution in [0.4, 0.5) is 9.18 Å². The predicted molar refractivity (Wildman–Crippen MR) is 169 cm³/mol. The second-order valence-corrected chi connectivity index (χ2v) is 12.3. The van der Waals surface area contributed by atoms with Gasteiger partial charge in [0.25, 0.3) is 11.8 Å². The van der Waals surface area contributed by atoms with Crippen LogP contribution in [0, 0.1) is 12.7 Å². The van der Waals surface area contributed by atoms with Gasteiger partial charge in [0.1, 0.15) is 23.3 Å². The fraction of sp³-hybridized carbons (Fsp3) is 0.576. The lowest BCUT2D eigenvalue weighted by Crippen LogP contribution is -2.52. The lowest BCUT2D eigenvalue weighted by molar-refractivity contribution is -0.140. The summed E-state index contributed by atoms with van der Waals surface area (Å²) >= 11 is 0. The minimum absolute atomic E-state index is 0.0719. The van der Waals surface area contributed by atoms with Crippen molar-refractivity contribution in [3.05, 3.63) is 35.3 Å². The highest BCUT2D eigenvalue weighted by Gasteiger charge is 2.36. The van der Waals surface area contributed by atoms with Crippen LogP contribution in [0.3, 0.4) is 0 Å². The average Bonchev–Trinajstić information content (AvgIpc) is 3.56. The summed E-state index contributed by atoms with van der Waals surface area (Å²) in [4.78, 5) is 73.3. The number of likely N-dealkylation sites (tertiary alicyclic amines) is 1. The van der Waals surface area contributed by atoms with E-state index < -0.39 is 30.5 Å². The molecule has 1 aliphatic carbocycles. The van der Waals surface area contributed by atoms with E-state index in [1.807, 2.05) is 6.92 Å². The van der Waals surface area contributed by atoms with Crippen LogP contribution in [0.15, 0.2) is 18.2 Å². The van der Waals surface area contributed by atoms with Crippen LogP contribution in [0.25, 0.3) is 10.9 Å². The number of pyridine rings is 1. The molecule has 1 saturated carbocycles. The van der Waals surface area contributed by atoms with E-state index >= 15 is 0 Å². The molecule has 13 nitrogen and oxygen atoms in total. The maximum atomic E-state index is 14.6. The standard InChI is InChI=1S/C33H43FN6O7/c1-3-4-17-46-33(45)39-15-13-38(14-16-39)28(41)19-35-31(43)25-18-27(30-21(2)23(34)10-11-24(30)37-25)47-20-29(42)40-12-6-9-26(40)32(44)36-22-7-5-8-22/h10-11,18,22,26H,3-9,12-17,19-20H2,1-2H3,(H,35,43)(H,36,44). The summed E-state index contributed by atoms with van der Waals surface area (Å²) in [6, 6.07) is 3.58. The van der Waals surface area contributed by atoms with E-state index in [1.54, 1.807) is 16.7 Å². The molecule has 3 fully saturated rings. The topological polar surface area (TPSA) is 150 Å². The van der Waals surface area contributed by atoms with E-state index in [-0.39, 0.29) is 52.8 Å². The minimum Gasteiger partial charge on any atom is -0.483 e. The maximum absolute atomic E-state index is 14.6. The number of amides is 5. The van der Waals surface area contributed by atoms with Gasteiger partial charge in [-0.05, 0) is 63.1 Å². The first-order chi connectivity index (χ1) is 22.7. The molecule has 3 aliphatic rings. The molecule has 0 bridgehead atoms. The smallest absolute Gasteiger partial charge is 0.409 e. The number of rotatable bonds is 11. The number of hydrogen-bond acceptors (Lipinski definition) is 8. The third-order valence-electron chi connectivity index (χ3n) is 9.06. The highest BCUT2D eigenvalue weighted by molar-refractivity contribution is 5.99. The zero-order valence-electron chi connectivity index (χ0n) is 27.0. The zero-order valence-corrected chi connectivity index (χ0v) is 27.0. The van der Waals surface area contributed by atoms with Crippen LogP contribution in [0.5, 0.6) is 5.75 Å². The molecule has 2 aliphatic heterocycles. The molecule has 1 aromatic heterocycles. The second kappa shape index (κ2) is 15.4. The van der Waals surface area contributed by atoms with Crippen LogP contribution in [0.1, 0.15) is 67.9 Å². The second-order valence-electron chi connectivity index (χ2n) is 12.3. The van der Waals surface area contributed by atoms with Crippen molar-refractivity contribution in [2.24, 2.45) is 0 Å². The third kappa shape index (κ3) is 8.09. The first-order valence-corrected chi connectivity index (χ1v) is 16.5. The first-order valence-electron chi connectivity index (χ1n) is 16.5. The van der Waals surface area contributed by atoms with Crippen molar-refractivity contribution in [2.75, 3.05) is 52.5 Å². The van der Waals surface area contributed by atoms with Crippen LogP contribution in [-0.4, -0.2) is 114 Å².